The molecule has 1 aliphatic rings. The molecule has 96 valence electrons. The number of thiazole rings is 1. The van der Waals surface area contributed by atoms with Crippen LogP contribution in [0.1, 0.15) is 37.5 Å². The summed E-state index contributed by atoms with van der Waals surface area (Å²) in [7, 11) is 2.08. The second kappa shape index (κ2) is 6.50. The first-order valence-corrected chi connectivity index (χ1v) is 7.73. The summed E-state index contributed by atoms with van der Waals surface area (Å²) in [5, 5.41) is 3.37. The van der Waals surface area contributed by atoms with Crippen molar-refractivity contribution in [2.75, 3.05) is 13.6 Å². The lowest BCUT2D eigenvalue weighted by atomic mass is 9.71. The van der Waals surface area contributed by atoms with E-state index in [4.69, 9.17) is 0 Å². The lowest BCUT2D eigenvalue weighted by molar-refractivity contribution is 0.174. The molecule has 2 nitrogen and oxygen atoms in total. The van der Waals surface area contributed by atoms with Gasteiger partial charge in [-0.25, -0.2) is 0 Å². The van der Waals surface area contributed by atoms with Crippen molar-refractivity contribution < 1.29 is 0 Å². The number of nitrogens with one attached hydrogen (secondary N) is 1. The van der Waals surface area contributed by atoms with E-state index < -0.39 is 0 Å². The van der Waals surface area contributed by atoms with E-state index in [-0.39, 0.29) is 0 Å². The van der Waals surface area contributed by atoms with Gasteiger partial charge in [-0.2, -0.15) is 0 Å². The van der Waals surface area contributed by atoms with E-state index in [1.54, 1.807) is 0 Å². The Labute approximate surface area is 109 Å². The van der Waals surface area contributed by atoms with Crippen LogP contribution in [0.4, 0.5) is 0 Å². The van der Waals surface area contributed by atoms with Gasteiger partial charge in [0.15, 0.2) is 0 Å². The monoisotopic (exact) mass is 252 g/mol. The molecule has 1 heterocycles. The van der Waals surface area contributed by atoms with Crippen LogP contribution in [0.15, 0.2) is 11.7 Å². The van der Waals surface area contributed by atoms with Gasteiger partial charge in [0.1, 0.15) is 0 Å². The molecule has 0 aromatic carbocycles. The number of hydrogen-bond donors (Lipinski definition) is 1. The van der Waals surface area contributed by atoms with E-state index in [2.05, 4.69) is 30.5 Å². The lowest BCUT2D eigenvalue weighted by Crippen LogP contribution is -2.32. The fourth-order valence-electron chi connectivity index (χ4n) is 3.18. The quantitative estimate of drug-likeness (QED) is 0.869. The minimum Gasteiger partial charge on any atom is -0.319 e. The highest BCUT2D eigenvalue weighted by molar-refractivity contribution is 7.09. The van der Waals surface area contributed by atoms with Crippen molar-refractivity contribution in [3.8, 4) is 0 Å². The van der Waals surface area contributed by atoms with Gasteiger partial charge in [0.2, 0.25) is 0 Å². The van der Waals surface area contributed by atoms with Gasteiger partial charge in [0, 0.05) is 11.1 Å². The van der Waals surface area contributed by atoms with Crippen LogP contribution in [0, 0.1) is 17.8 Å². The average Bonchev–Trinajstić information content (AvgIpc) is 2.84. The highest BCUT2D eigenvalue weighted by Crippen LogP contribution is 2.37. The Morgan fingerprint density at radius 3 is 2.94 bits per heavy atom. The van der Waals surface area contributed by atoms with E-state index in [1.165, 1.54) is 43.5 Å². The molecular weight excluding hydrogens is 228 g/mol. The first-order chi connectivity index (χ1) is 8.33. The SMILES string of the molecule is CCC1CCC(CNC)C(Cc2cncs2)C1. The van der Waals surface area contributed by atoms with Gasteiger partial charge in [0.25, 0.3) is 0 Å². The van der Waals surface area contributed by atoms with E-state index in [0.717, 1.165) is 17.8 Å². The molecule has 0 bridgehead atoms. The molecule has 1 N–H and O–H groups in total. The molecule has 3 heteroatoms. The van der Waals surface area contributed by atoms with Gasteiger partial charge in [-0.05, 0) is 50.6 Å². The van der Waals surface area contributed by atoms with Crippen molar-refractivity contribution in [3.63, 3.8) is 0 Å². The first-order valence-electron chi connectivity index (χ1n) is 6.85. The number of hydrogen-bond acceptors (Lipinski definition) is 3. The summed E-state index contributed by atoms with van der Waals surface area (Å²) in [6.07, 6.45) is 8.90. The maximum atomic E-state index is 4.20. The standard InChI is InChI=1S/C14H24N2S/c1-3-11-4-5-12(8-15-2)13(6-11)7-14-9-16-10-17-14/h9-13,15H,3-8H2,1-2H3. The Morgan fingerprint density at radius 1 is 1.41 bits per heavy atom. The van der Waals surface area contributed by atoms with Crippen molar-refractivity contribution in [1.82, 2.24) is 10.3 Å². The molecule has 0 spiro atoms. The number of rotatable bonds is 5. The van der Waals surface area contributed by atoms with E-state index >= 15 is 0 Å². The summed E-state index contributed by atoms with van der Waals surface area (Å²) in [5.41, 5.74) is 1.96. The molecule has 1 aliphatic carbocycles. The molecule has 3 unspecified atom stereocenters. The predicted octanol–water partition coefficient (Wildman–Crippen LogP) is 3.35. The molecule has 2 rings (SSSR count). The van der Waals surface area contributed by atoms with Crippen LogP contribution in [0.25, 0.3) is 0 Å². The number of aromatic nitrogens is 1. The zero-order valence-corrected chi connectivity index (χ0v) is 11.8. The molecule has 3 atom stereocenters. The highest BCUT2D eigenvalue weighted by atomic mass is 32.1. The largest absolute Gasteiger partial charge is 0.319 e. The molecule has 0 aliphatic heterocycles. The third-order valence-corrected chi connectivity index (χ3v) is 5.04. The summed E-state index contributed by atoms with van der Waals surface area (Å²) in [6, 6.07) is 0. The lowest BCUT2D eigenvalue weighted by Gasteiger charge is -2.35. The van der Waals surface area contributed by atoms with Crippen molar-refractivity contribution in [3.05, 3.63) is 16.6 Å². The van der Waals surface area contributed by atoms with Gasteiger partial charge in [-0.3, -0.25) is 4.98 Å². The van der Waals surface area contributed by atoms with Crippen LogP contribution in [0.5, 0.6) is 0 Å². The Bertz CT molecular complexity index is 310. The number of nitrogens with zero attached hydrogens (tertiary/aromatic N) is 1. The van der Waals surface area contributed by atoms with Gasteiger partial charge >= 0.3 is 0 Å². The Kier molecular flexibility index (Phi) is 4.99. The molecule has 0 saturated heterocycles. The van der Waals surface area contributed by atoms with Gasteiger partial charge in [0.05, 0.1) is 5.51 Å². The summed E-state index contributed by atoms with van der Waals surface area (Å²) in [5.74, 6) is 2.69. The van der Waals surface area contributed by atoms with Crippen molar-refractivity contribution >= 4 is 11.3 Å². The predicted molar refractivity (Wildman–Crippen MR) is 74.4 cm³/mol. The van der Waals surface area contributed by atoms with Crippen LogP contribution in [-0.4, -0.2) is 18.6 Å². The molecule has 0 radical (unpaired) electrons. The van der Waals surface area contributed by atoms with Crippen LogP contribution in [-0.2, 0) is 6.42 Å². The Balaban J connectivity index is 1.97. The Morgan fingerprint density at radius 2 is 2.29 bits per heavy atom. The summed E-state index contributed by atoms with van der Waals surface area (Å²) >= 11 is 1.81. The zero-order valence-electron chi connectivity index (χ0n) is 11.0. The molecule has 1 fully saturated rings. The molecule has 17 heavy (non-hydrogen) atoms. The van der Waals surface area contributed by atoms with Gasteiger partial charge in [-0.15, -0.1) is 11.3 Å². The molecule has 1 saturated carbocycles. The third kappa shape index (κ3) is 3.52. The van der Waals surface area contributed by atoms with Crippen molar-refractivity contribution in [2.24, 2.45) is 17.8 Å². The minimum atomic E-state index is 0.863. The van der Waals surface area contributed by atoms with Crippen molar-refractivity contribution in [2.45, 2.75) is 39.0 Å². The molecule has 0 amide bonds. The van der Waals surface area contributed by atoms with E-state index in [1.807, 2.05) is 16.8 Å². The topological polar surface area (TPSA) is 24.9 Å². The third-order valence-electron chi connectivity index (χ3n) is 4.24. The fourth-order valence-corrected chi connectivity index (χ4v) is 3.87. The van der Waals surface area contributed by atoms with E-state index in [9.17, 15) is 0 Å². The molecule has 1 aromatic rings. The van der Waals surface area contributed by atoms with E-state index in [0.29, 0.717) is 0 Å². The summed E-state index contributed by atoms with van der Waals surface area (Å²) in [4.78, 5) is 5.67. The first kappa shape index (κ1) is 13.0. The normalized spacial score (nSPS) is 29.4. The second-order valence-corrected chi connectivity index (χ2v) is 6.31. The summed E-state index contributed by atoms with van der Waals surface area (Å²) in [6.45, 7) is 3.52. The smallest absolute Gasteiger partial charge is 0.0794 e. The Hall–Kier alpha value is -0.410. The molecule has 1 aromatic heterocycles. The van der Waals surface area contributed by atoms with Crippen molar-refractivity contribution in [1.29, 1.82) is 0 Å². The van der Waals surface area contributed by atoms with Crippen LogP contribution in [0.2, 0.25) is 0 Å². The van der Waals surface area contributed by atoms with Gasteiger partial charge in [-0.1, -0.05) is 19.8 Å². The zero-order chi connectivity index (χ0) is 12.1. The van der Waals surface area contributed by atoms with Crippen LogP contribution < -0.4 is 5.32 Å². The summed E-state index contributed by atoms with van der Waals surface area (Å²) < 4.78 is 0. The molecular formula is C14H24N2S. The highest BCUT2D eigenvalue weighted by Gasteiger charge is 2.29. The maximum Gasteiger partial charge on any atom is 0.0794 e. The van der Waals surface area contributed by atoms with Crippen LogP contribution >= 0.6 is 11.3 Å². The minimum absolute atomic E-state index is 0.863. The second-order valence-electron chi connectivity index (χ2n) is 5.34. The van der Waals surface area contributed by atoms with Crippen LogP contribution in [0.3, 0.4) is 0 Å². The fraction of sp³-hybridized carbons (Fsp3) is 0.786. The average molecular weight is 252 g/mol. The maximum absolute atomic E-state index is 4.20. The van der Waals surface area contributed by atoms with Gasteiger partial charge < -0.3 is 5.32 Å².